The molecule has 6 heteroatoms. The lowest BCUT2D eigenvalue weighted by Crippen LogP contribution is -2.35. The van der Waals surface area contributed by atoms with Gasteiger partial charge in [0.25, 0.3) is 5.91 Å². The molecule has 0 saturated heterocycles. The smallest absolute Gasteiger partial charge is 0.268 e. The van der Waals surface area contributed by atoms with Gasteiger partial charge in [-0.05, 0) is 34.6 Å². The van der Waals surface area contributed by atoms with E-state index in [0.29, 0.717) is 21.6 Å². The first-order valence-corrected chi connectivity index (χ1v) is 7.22. The van der Waals surface area contributed by atoms with Crippen molar-refractivity contribution >= 4 is 34.3 Å². The highest BCUT2D eigenvalue weighted by Crippen LogP contribution is 2.35. The van der Waals surface area contributed by atoms with Gasteiger partial charge in [0.05, 0.1) is 3.58 Å². The molecule has 0 bridgehead atoms. The van der Waals surface area contributed by atoms with E-state index in [1.165, 1.54) is 4.90 Å². The second kappa shape index (κ2) is 4.90. The highest BCUT2D eigenvalue weighted by molar-refractivity contribution is 14.1. The Morgan fingerprint density at radius 1 is 1.53 bits per heavy atom. The van der Waals surface area contributed by atoms with Crippen molar-refractivity contribution in [3.8, 4) is 0 Å². The summed E-state index contributed by atoms with van der Waals surface area (Å²) < 4.78 is 5.83. The van der Waals surface area contributed by atoms with E-state index in [-0.39, 0.29) is 11.3 Å². The molecule has 1 unspecified atom stereocenters. The molecule has 0 radical (unpaired) electrons. The van der Waals surface area contributed by atoms with E-state index in [4.69, 9.17) is 4.52 Å². The second-order valence-electron chi connectivity index (χ2n) is 5.54. The Bertz CT molecular complexity index is 542. The van der Waals surface area contributed by atoms with Crippen molar-refractivity contribution < 1.29 is 14.4 Å². The van der Waals surface area contributed by atoms with Crippen LogP contribution in [0.2, 0.25) is 0 Å². The minimum absolute atomic E-state index is 0.187. The molecule has 0 aromatic carbocycles. The van der Waals surface area contributed by atoms with Gasteiger partial charge in [-0.2, -0.15) is 0 Å². The molecule has 1 aromatic rings. The minimum Gasteiger partial charge on any atom is -0.369 e. The third-order valence-electron chi connectivity index (χ3n) is 3.11. The molecular weight excluding hydrogens is 359 g/mol. The van der Waals surface area contributed by atoms with Gasteiger partial charge in [0.2, 0.25) is 0 Å². The van der Waals surface area contributed by atoms with Gasteiger partial charge in [-0.15, -0.1) is 0 Å². The molecule has 0 spiro atoms. The van der Waals surface area contributed by atoms with Gasteiger partial charge in [-0.25, -0.2) is 0 Å². The van der Waals surface area contributed by atoms with Crippen molar-refractivity contribution in [1.29, 1.82) is 0 Å². The van der Waals surface area contributed by atoms with E-state index in [2.05, 4.69) is 5.16 Å². The average molecular weight is 376 g/mol. The number of carbonyl (C=O) groups is 1. The number of hydrogen-bond acceptors (Lipinski definition) is 4. The van der Waals surface area contributed by atoms with Crippen molar-refractivity contribution in [3.63, 3.8) is 0 Å². The summed E-state index contributed by atoms with van der Waals surface area (Å²) in [5.41, 5.74) is 0.540. The van der Waals surface area contributed by atoms with Crippen LogP contribution in [0, 0.1) is 0 Å². The lowest BCUT2D eigenvalue weighted by atomic mass is 9.93. The Balaban J connectivity index is 2.35. The van der Waals surface area contributed by atoms with Crippen molar-refractivity contribution in [1.82, 2.24) is 5.16 Å². The standard InChI is InChI=1S/C13H17IN2O3/c1-5-7-10(14)12(18)16(11(7)17)9-6-8(19-15-9)13(2,3)4/h6,11,17H,5H2,1-4H3. The molecule has 1 amide bonds. The number of amides is 1. The largest absolute Gasteiger partial charge is 0.369 e. The Labute approximate surface area is 125 Å². The van der Waals surface area contributed by atoms with Crippen LogP contribution in [0.15, 0.2) is 19.7 Å². The molecule has 0 saturated carbocycles. The maximum absolute atomic E-state index is 12.2. The van der Waals surface area contributed by atoms with Crippen molar-refractivity contribution in [3.05, 3.63) is 21.0 Å². The summed E-state index contributed by atoms with van der Waals surface area (Å²) in [5, 5.41) is 14.1. The van der Waals surface area contributed by atoms with Gasteiger partial charge >= 0.3 is 0 Å². The molecule has 19 heavy (non-hydrogen) atoms. The van der Waals surface area contributed by atoms with Crippen LogP contribution in [0.25, 0.3) is 0 Å². The van der Waals surface area contributed by atoms with Crippen LogP contribution in [0.1, 0.15) is 39.9 Å². The molecule has 5 nitrogen and oxygen atoms in total. The first kappa shape index (κ1) is 14.5. The van der Waals surface area contributed by atoms with Gasteiger partial charge in [0, 0.05) is 11.5 Å². The van der Waals surface area contributed by atoms with Crippen molar-refractivity contribution in [2.75, 3.05) is 4.90 Å². The average Bonchev–Trinajstić information content (AvgIpc) is 2.85. The molecule has 0 fully saturated rings. The Kier molecular flexibility index (Phi) is 3.74. The number of rotatable bonds is 2. The molecule has 104 valence electrons. The SMILES string of the molecule is CCC1=C(I)C(=O)N(c2cc(C(C)(C)C)on2)C1O. The van der Waals surface area contributed by atoms with Gasteiger partial charge in [0.1, 0.15) is 5.76 Å². The maximum Gasteiger partial charge on any atom is 0.268 e. The Morgan fingerprint density at radius 2 is 2.16 bits per heavy atom. The lowest BCUT2D eigenvalue weighted by Gasteiger charge is -2.19. The number of hydrogen-bond donors (Lipinski definition) is 1. The first-order chi connectivity index (χ1) is 8.77. The predicted octanol–water partition coefficient (Wildman–Crippen LogP) is 2.74. The Morgan fingerprint density at radius 3 is 2.58 bits per heavy atom. The van der Waals surface area contributed by atoms with Crippen LogP contribution >= 0.6 is 22.6 Å². The number of aliphatic hydroxyl groups is 1. The molecule has 1 aliphatic heterocycles. The summed E-state index contributed by atoms with van der Waals surface area (Å²) in [7, 11) is 0. The number of aromatic nitrogens is 1. The highest BCUT2D eigenvalue weighted by atomic mass is 127. The molecular formula is C13H17IN2O3. The molecule has 1 atom stereocenters. The number of carbonyl (C=O) groups excluding carboxylic acids is 1. The third kappa shape index (κ3) is 2.43. The molecule has 1 aliphatic rings. The summed E-state index contributed by atoms with van der Waals surface area (Å²) in [6, 6.07) is 1.71. The zero-order valence-electron chi connectivity index (χ0n) is 11.4. The van der Waals surface area contributed by atoms with Crippen molar-refractivity contribution in [2.45, 2.75) is 45.8 Å². The Hall–Kier alpha value is -0.890. The van der Waals surface area contributed by atoms with Crippen LogP contribution in [-0.4, -0.2) is 22.4 Å². The third-order valence-corrected chi connectivity index (χ3v) is 4.26. The molecule has 0 aliphatic carbocycles. The van der Waals surface area contributed by atoms with E-state index in [1.807, 2.05) is 50.3 Å². The van der Waals surface area contributed by atoms with E-state index in [1.54, 1.807) is 6.07 Å². The fourth-order valence-electron chi connectivity index (χ4n) is 1.92. The summed E-state index contributed by atoms with van der Waals surface area (Å²) in [5.74, 6) is 0.821. The number of halogens is 1. The summed E-state index contributed by atoms with van der Waals surface area (Å²) in [6.07, 6.45) is -0.312. The minimum atomic E-state index is -0.942. The van der Waals surface area contributed by atoms with Gasteiger partial charge in [0.15, 0.2) is 12.0 Å². The topological polar surface area (TPSA) is 66.6 Å². The van der Waals surface area contributed by atoms with Crippen LogP contribution in [0.4, 0.5) is 5.82 Å². The number of nitrogens with zero attached hydrogens (tertiary/aromatic N) is 2. The van der Waals surface area contributed by atoms with Crippen LogP contribution in [0.3, 0.4) is 0 Å². The van der Waals surface area contributed by atoms with E-state index in [9.17, 15) is 9.90 Å². The quantitative estimate of drug-likeness (QED) is 0.807. The summed E-state index contributed by atoms with van der Waals surface area (Å²) in [6.45, 7) is 7.91. The number of anilines is 1. The van der Waals surface area contributed by atoms with E-state index in [0.717, 1.165) is 5.57 Å². The zero-order chi connectivity index (χ0) is 14.4. The molecule has 1 aromatic heterocycles. The van der Waals surface area contributed by atoms with Gasteiger partial charge in [-0.1, -0.05) is 32.9 Å². The fourth-order valence-corrected chi connectivity index (χ4v) is 2.84. The summed E-state index contributed by atoms with van der Waals surface area (Å²) in [4.78, 5) is 13.4. The summed E-state index contributed by atoms with van der Waals surface area (Å²) >= 11 is 1.97. The van der Waals surface area contributed by atoms with Crippen molar-refractivity contribution in [2.24, 2.45) is 0 Å². The zero-order valence-corrected chi connectivity index (χ0v) is 13.6. The van der Waals surface area contributed by atoms with Gasteiger partial charge in [-0.3, -0.25) is 9.69 Å². The van der Waals surface area contributed by atoms with Gasteiger partial charge < -0.3 is 9.63 Å². The predicted molar refractivity (Wildman–Crippen MR) is 80.0 cm³/mol. The molecule has 1 N–H and O–H groups in total. The highest BCUT2D eigenvalue weighted by Gasteiger charge is 2.39. The van der Waals surface area contributed by atoms with Crippen LogP contribution < -0.4 is 4.90 Å². The van der Waals surface area contributed by atoms with Crippen LogP contribution in [-0.2, 0) is 10.2 Å². The maximum atomic E-state index is 12.2. The lowest BCUT2D eigenvalue weighted by molar-refractivity contribution is -0.114. The van der Waals surface area contributed by atoms with Crippen LogP contribution in [0.5, 0.6) is 0 Å². The monoisotopic (exact) mass is 376 g/mol. The van der Waals surface area contributed by atoms with E-state index < -0.39 is 6.23 Å². The molecule has 2 rings (SSSR count). The number of aliphatic hydroxyl groups excluding tert-OH is 1. The first-order valence-electron chi connectivity index (χ1n) is 6.14. The normalized spacial score (nSPS) is 20.6. The fraction of sp³-hybridized carbons (Fsp3) is 0.538. The molecule has 2 heterocycles. The second-order valence-corrected chi connectivity index (χ2v) is 6.62. The van der Waals surface area contributed by atoms with E-state index >= 15 is 0 Å².